The second kappa shape index (κ2) is 7.73. The van der Waals surface area contributed by atoms with E-state index in [1.165, 1.54) is 11.6 Å². The number of rotatable bonds is 3. The van der Waals surface area contributed by atoms with Crippen LogP contribution in [0.25, 0.3) is 5.70 Å². The molecule has 134 valence electrons. The number of allylic oxidation sites excluding steroid dienone is 2. The molecule has 4 heteroatoms. The molecular formula is C24H18N4. The van der Waals surface area contributed by atoms with Crippen LogP contribution in [0.1, 0.15) is 16.7 Å². The highest BCUT2D eigenvalue weighted by Gasteiger charge is 2.25. The molecule has 2 aromatic carbocycles. The molecule has 3 aromatic rings. The predicted octanol–water partition coefficient (Wildman–Crippen LogP) is 5.11. The first-order chi connectivity index (χ1) is 13.8. The standard InChI is InChI=1S/C24H18N4/c1-18-10-12-19(13-11-18)22-17-21(14-15-25)28(23-9-5-6-16-26-23)24(27-22)20-7-3-2-4-8-20/h2-14,16-17H,1H3/b21-14+. The van der Waals surface area contributed by atoms with Gasteiger partial charge in [-0.3, -0.25) is 4.90 Å². The summed E-state index contributed by atoms with van der Waals surface area (Å²) in [6.07, 6.45) is 5.19. The van der Waals surface area contributed by atoms with Gasteiger partial charge >= 0.3 is 0 Å². The largest absolute Gasteiger partial charge is 0.278 e. The number of amidine groups is 1. The number of nitriles is 1. The van der Waals surface area contributed by atoms with Crippen LogP contribution in [0.5, 0.6) is 0 Å². The van der Waals surface area contributed by atoms with Gasteiger partial charge in [0.25, 0.3) is 0 Å². The number of hydrogen-bond donors (Lipinski definition) is 0. The Morgan fingerprint density at radius 3 is 2.32 bits per heavy atom. The molecule has 0 aliphatic carbocycles. The Kier molecular flexibility index (Phi) is 4.81. The van der Waals surface area contributed by atoms with E-state index in [9.17, 15) is 5.26 Å². The second-order valence-electron chi connectivity index (χ2n) is 6.42. The summed E-state index contributed by atoms with van der Waals surface area (Å²) < 4.78 is 0. The van der Waals surface area contributed by atoms with Gasteiger partial charge in [-0.25, -0.2) is 9.98 Å². The Morgan fingerprint density at radius 1 is 0.893 bits per heavy atom. The number of pyridine rings is 1. The zero-order chi connectivity index (χ0) is 19.3. The van der Waals surface area contributed by atoms with Gasteiger partial charge in [-0.2, -0.15) is 5.26 Å². The number of anilines is 1. The topological polar surface area (TPSA) is 52.3 Å². The summed E-state index contributed by atoms with van der Waals surface area (Å²) in [6.45, 7) is 2.06. The fourth-order valence-electron chi connectivity index (χ4n) is 3.08. The summed E-state index contributed by atoms with van der Waals surface area (Å²) in [4.78, 5) is 11.4. The van der Waals surface area contributed by atoms with Crippen LogP contribution >= 0.6 is 0 Å². The quantitative estimate of drug-likeness (QED) is 0.609. The zero-order valence-corrected chi connectivity index (χ0v) is 15.4. The van der Waals surface area contributed by atoms with Crippen molar-refractivity contribution in [1.29, 1.82) is 5.26 Å². The Hall–Kier alpha value is -3.97. The number of aromatic nitrogens is 1. The monoisotopic (exact) mass is 362 g/mol. The Morgan fingerprint density at radius 2 is 1.64 bits per heavy atom. The van der Waals surface area contributed by atoms with Crippen molar-refractivity contribution in [1.82, 2.24) is 4.98 Å². The fraction of sp³-hybridized carbons (Fsp3) is 0.0417. The maximum absolute atomic E-state index is 9.39. The first-order valence-corrected chi connectivity index (χ1v) is 9.00. The Balaban J connectivity index is 1.92. The summed E-state index contributed by atoms with van der Waals surface area (Å²) in [6, 6.07) is 26.0. The van der Waals surface area contributed by atoms with Gasteiger partial charge < -0.3 is 0 Å². The predicted molar refractivity (Wildman–Crippen MR) is 113 cm³/mol. The van der Waals surface area contributed by atoms with Crippen molar-refractivity contribution in [2.24, 2.45) is 4.99 Å². The molecule has 28 heavy (non-hydrogen) atoms. The highest BCUT2D eigenvalue weighted by Crippen LogP contribution is 2.31. The van der Waals surface area contributed by atoms with E-state index in [4.69, 9.17) is 4.99 Å². The van der Waals surface area contributed by atoms with Crippen LogP contribution in [0.3, 0.4) is 0 Å². The van der Waals surface area contributed by atoms with Crippen molar-refractivity contribution in [3.63, 3.8) is 0 Å². The van der Waals surface area contributed by atoms with Crippen LogP contribution in [0.4, 0.5) is 5.82 Å². The van der Waals surface area contributed by atoms with E-state index in [1.54, 1.807) is 6.20 Å². The van der Waals surface area contributed by atoms with E-state index in [2.05, 4.69) is 30.1 Å². The molecule has 0 unspecified atom stereocenters. The summed E-state index contributed by atoms with van der Waals surface area (Å²) in [5.74, 6) is 1.45. The first-order valence-electron chi connectivity index (χ1n) is 9.00. The van der Waals surface area contributed by atoms with E-state index >= 15 is 0 Å². The lowest BCUT2D eigenvalue weighted by Crippen LogP contribution is -2.33. The van der Waals surface area contributed by atoms with Crippen molar-refractivity contribution >= 4 is 17.4 Å². The van der Waals surface area contributed by atoms with E-state index in [-0.39, 0.29) is 0 Å². The second-order valence-corrected chi connectivity index (χ2v) is 6.42. The maximum Gasteiger partial charge on any atom is 0.146 e. The number of hydrogen-bond acceptors (Lipinski definition) is 4. The SMILES string of the molecule is Cc1ccc(C2=C/C(=C\C#N)N(c3ccccn3)C(c3ccccc3)=N2)cc1. The lowest BCUT2D eigenvalue weighted by molar-refractivity contribution is 1.14. The van der Waals surface area contributed by atoms with Crippen molar-refractivity contribution in [2.75, 3.05) is 4.90 Å². The van der Waals surface area contributed by atoms with E-state index in [0.29, 0.717) is 5.82 Å². The third kappa shape index (κ3) is 3.46. The smallest absolute Gasteiger partial charge is 0.146 e. The average Bonchev–Trinajstić information content (AvgIpc) is 2.75. The van der Waals surface area contributed by atoms with Crippen LogP contribution in [-0.2, 0) is 0 Å². The number of aryl methyl sites for hydroxylation is 1. The summed E-state index contributed by atoms with van der Waals surface area (Å²) in [7, 11) is 0. The van der Waals surface area contributed by atoms with E-state index in [0.717, 1.165) is 28.4 Å². The lowest BCUT2D eigenvalue weighted by Gasteiger charge is -2.29. The molecule has 0 saturated carbocycles. The highest BCUT2D eigenvalue weighted by molar-refractivity contribution is 6.15. The minimum absolute atomic E-state index is 0.714. The molecule has 0 fully saturated rings. The molecule has 0 amide bonds. The first kappa shape index (κ1) is 17.4. The maximum atomic E-state index is 9.39. The minimum Gasteiger partial charge on any atom is -0.278 e. The van der Waals surface area contributed by atoms with Crippen molar-refractivity contribution < 1.29 is 0 Å². The average molecular weight is 362 g/mol. The van der Waals surface area contributed by atoms with Gasteiger partial charge in [-0.1, -0.05) is 66.2 Å². The molecule has 4 rings (SSSR count). The van der Waals surface area contributed by atoms with Gasteiger partial charge in [0.05, 0.1) is 17.5 Å². The normalized spacial score (nSPS) is 15.0. The fourth-order valence-corrected chi connectivity index (χ4v) is 3.08. The van der Waals surface area contributed by atoms with Gasteiger partial charge in [-0.05, 0) is 25.1 Å². The van der Waals surface area contributed by atoms with Crippen LogP contribution in [0, 0.1) is 18.3 Å². The number of aliphatic imine (C=N–C) groups is 1. The Labute approximate surface area is 164 Å². The summed E-state index contributed by atoms with van der Waals surface area (Å²) in [5, 5.41) is 9.39. The van der Waals surface area contributed by atoms with Gasteiger partial charge in [0.15, 0.2) is 0 Å². The number of nitrogens with zero attached hydrogens (tertiary/aromatic N) is 4. The van der Waals surface area contributed by atoms with Crippen LogP contribution in [0.15, 0.2) is 102 Å². The molecule has 1 aromatic heterocycles. The van der Waals surface area contributed by atoms with Gasteiger partial charge in [0, 0.05) is 23.4 Å². The van der Waals surface area contributed by atoms with Crippen LogP contribution < -0.4 is 4.90 Å². The van der Waals surface area contributed by atoms with Crippen molar-refractivity contribution in [3.05, 3.63) is 114 Å². The molecule has 1 aliphatic rings. The molecule has 2 heterocycles. The molecule has 0 spiro atoms. The van der Waals surface area contributed by atoms with Crippen LogP contribution in [0.2, 0.25) is 0 Å². The molecule has 0 atom stereocenters. The lowest BCUT2D eigenvalue weighted by atomic mass is 10.1. The number of benzene rings is 2. The molecule has 1 aliphatic heterocycles. The summed E-state index contributed by atoms with van der Waals surface area (Å²) in [5.41, 5.74) is 4.69. The highest BCUT2D eigenvalue weighted by atomic mass is 15.3. The van der Waals surface area contributed by atoms with Crippen molar-refractivity contribution in [3.8, 4) is 6.07 Å². The van der Waals surface area contributed by atoms with Gasteiger partial charge in [-0.15, -0.1) is 0 Å². The molecule has 0 bridgehead atoms. The third-order valence-corrected chi connectivity index (χ3v) is 4.45. The van der Waals surface area contributed by atoms with E-state index in [1.807, 2.05) is 71.6 Å². The minimum atomic E-state index is 0.714. The van der Waals surface area contributed by atoms with E-state index < -0.39 is 0 Å². The molecule has 0 N–H and O–H groups in total. The molecule has 0 radical (unpaired) electrons. The zero-order valence-electron chi connectivity index (χ0n) is 15.4. The van der Waals surface area contributed by atoms with Crippen LogP contribution in [-0.4, -0.2) is 10.8 Å². The third-order valence-electron chi connectivity index (χ3n) is 4.45. The van der Waals surface area contributed by atoms with Gasteiger partial charge in [0.1, 0.15) is 11.7 Å². The summed E-state index contributed by atoms with van der Waals surface area (Å²) >= 11 is 0. The molecule has 4 nitrogen and oxygen atoms in total. The van der Waals surface area contributed by atoms with Gasteiger partial charge in [0.2, 0.25) is 0 Å². The molecular weight excluding hydrogens is 344 g/mol. The Bertz CT molecular complexity index is 1100. The van der Waals surface area contributed by atoms with Crippen molar-refractivity contribution in [2.45, 2.75) is 6.92 Å². The molecule has 0 saturated heterocycles.